The van der Waals surface area contributed by atoms with Crippen LogP contribution >= 0.6 is 11.3 Å². The highest BCUT2D eigenvalue weighted by Gasteiger charge is 2.37. The number of piperidine rings is 1. The number of thiazole rings is 1. The fourth-order valence-electron chi connectivity index (χ4n) is 5.32. The van der Waals surface area contributed by atoms with E-state index in [-0.39, 0.29) is 23.4 Å². The number of benzene rings is 1. The molecule has 2 aromatic rings. The van der Waals surface area contributed by atoms with Crippen molar-refractivity contribution in [2.24, 2.45) is 5.92 Å². The van der Waals surface area contributed by atoms with Crippen molar-refractivity contribution >= 4 is 22.3 Å². The largest absolute Gasteiger partial charge is 0.396 e. The van der Waals surface area contributed by atoms with Gasteiger partial charge in [-0.05, 0) is 66.5 Å². The Hall–Kier alpha value is -1.72. The van der Waals surface area contributed by atoms with Gasteiger partial charge in [-0.25, -0.2) is 4.98 Å². The molecule has 1 aromatic heterocycles. The molecule has 1 atom stereocenters. The van der Waals surface area contributed by atoms with Crippen molar-refractivity contribution < 1.29 is 9.90 Å². The number of ketones is 1. The number of rotatable bonds is 7. The average Bonchev–Trinajstić information content (AvgIpc) is 3.27. The van der Waals surface area contributed by atoms with Crippen LogP contribution in [0.15, 0.2) is 23.6 Å². The summed E-state index contributed by atoms with van der Waals surface area (Å²) in [6.07, 6.45) is 6.53. The standard InChI is InChI=1S/C27H38N2O2S/c1-26(2)12-13-27(3,4)22-16-19(10-11-21(22)26)23-18-32-25(28-23)29-14-7-8-20(17-29)24(31)9-5-6-15-30/h10-11,16,18,20,30H,5-9,12-15,17H2,1-4H3. The average molecular weight is 455 g/mol. The van der Waals surface area contributed by atoms with Gasteiger partial charge in [0.15, 0.2) is 5.13 Å². The maximum Gasteiger partial charge on any atom is 0.185 e. The third-order valence-electron chi connectivity index (χ3n) is 7.62. The SMILES string of the molecule is CC1(C)CCC(C)(C)c2cc(-c3csc(N4CCCC(C(=O)CCCCO)C4)n3)ccc21. The van der Waals surface area contributed by atoms with E-state index >= 15 is 0 Å². The molecule has 0 amide bonds. The molecule has 174 valence electrons. The lowest BCUT2D eigenvalue weighted by molar-refractivity contribution is -0.123. The number of nitrogens with zero attached hydrogens (tertiary/aromatic N) is 2. The quantitative estimate of drug-likeness (QED) is 0.513. The number of carbonyl (C=O) groups is 1. The number of fused-ring (bicyclic) bond motifs is 1. The van der Waals surface area contributed by atoms with Gasteiger partial charge >= 0.3 is 0 Å². The molecule has 4 nitrogen and oxygen atoms in total. The molecule has 2 aliphatic rings. The first-order chi connectivity index (χ1) is 15.2. The molecule has 1 aliphatic heterocycles. The zero-order chi connectivity index (χ0) is 22.9. The van der Waals surface area contributed by atoms with Crippen molar-refractivity contribution in [3.05, 3.63) is 34.7 Å². The van der Waals surface area contributed by atoms with Crippen LogP contribution in [0.1, 0.15) is 83.8 Å². The van der Waals surface area contributed by atoms with E-state index in [0.717, 1.165) is 43.2 Å². The summed E-state index contributed by atoms with van der Waals surface area (Å²) in [5.41, 5.74) is 5.60. The highest BCUT2D eigenvalue weighted by Crippen LogP contribution is 2.47. The van der Waals surface area contributed by atoms with Crippen LogP contribution in [-0.2, 0) is 15.6 Å². The summed E-state index contributed by atoms with van der Waals surface area (Å²) in [6, 6.07) is 6.94. The van der Waals surface area contributed by atoms with Crippen LogP contribution in [-0.4, -0.2) is 35.6 Å². The summed E-state index contributed by atoms with van der Waals surface area (Å²) < 4.78 is 0. The summed E-state index contributed by atoms with van der Waals surface area (Å²) in [6.45, 7) is 11.4. The zero-order valence-corrected chi connectivity index (χ0v) is 20.9. The second-order valence-electron chi connectivity index (χ2n) is 11.0. The van der Waals surface area contributed by atoms with Crippen LogP contribution in [0, 0.1) is 5.92 Å². The number of unbranched alkanes of at least 4 members (excludes halogenated alkanes) is 1. The number of hydrogen-bond donors (Lipinski definition) is 1. The van der Waals surface area contributed by atoms with E-state index in [1.54, 1.807) is 11.3 Å². The van der Waals surface area contributed by atoms with Gasteiger partial charge < -0.3 is 10.0 Å². The molecule has 1 unspecified atom stereocenters. The second kappa shape index (κ2) is 9.26. The van der Waals surface area contributed by atoms with Crippen LogP contribution in [0.5, 0.6) is 0 Å². The summed E-state index contributed by atoms with van der Waals surface area (Å²) in [7, 11) is 0. The van der Waals surface area contributed by atoms with Crippen LogP contribution < -0.4 is 4.90 Å². The van der Waals surface area contributed by atoms with Gasteiger partial charge in [0.05, 0.1) is 5.69 Å². The predicted molar refractivity (Wildman–Crippen MR) is 134 cm³/mol. The van der Waals surface area contributed by atoms with Crippen molar-refractivity contribution in [1.82, 2.24) is 4.98 Å². The molecular weight excluding hydrogens is 416 g/mol. The Morgan fingerprint density at radius 2 is 1.91 bits per heavy atom. The Bertz CT molecular complexity index is 962. The van der Waals surface area contributed by atoms with Gasteiger partial charge in [-0.3, -0.25) is 4.79 Å². The van der Waals surface area contributed by atoms with Gasteiger partial charge in [-0.1, -0.05) is 39.8 Å². The smallest absolute Gasteiger partial charge is 0.185 e. The van der Waals surface area contributed by atoms with Gasteiger partial charge in [0, 0.05) is 43.0 Å². The molecule has 4 rings (SSSR count). The van der Waals surface area contributed by atoms with Crippen LogP contribution in [0.4, 0.5) is 5.13 Å². The lowest BCUT2D eigenvalue weighted by Gasteiger charge is -2.42. The molecule has 0 saturated carbocycles. The van der Waals surface area contributed by atoms with Crippen molar-refractivity contribution in [2.75, 3.05) is 24.6 Å². The Morgan fingerprint density at radius 3 is 2.66 bits per heavy atom. The highest BCUT2D eigenvalue weighted by molar-refractivity contribution is 7.14. The van der Waals surface area contributed by atoms with Gasteiger partial charge in [-0.2, -0.15) is 0 Å². The van der Waals surface area contributed by atoms with E-state index in [9.17, 15) is 4.79 Å². The summed E-state index contributed by atoms with van der Waals surface area (Å²) in [5.74, 6) is 0.445. The molecule has 0 spiro atoms. The molecule has 2 heterocycles. The fourth-order valence-corrected chi connectivity index (χ4v) is 6.19. The van der Waals surface area contributed by atoms with E-state index in [1.165, 1.54) is 29.5 Å². The Kier molecular flexibility index (Phi) is 6.78. The molecule has 1 saturated heterocycles. The first-order valence-corrected chi connectivity index (χ1v) is 13.1. The Morgan fingerprint density at radius 1 is 1.16 bits per heavy atom. The summed E-state index contributed by atoms with van der Waals surface area (Å²) in [5, 5.41) is 12.2. The molecule has 1 aromatic carbocycles. The van der Waals surface area contributed by atoms with E-state index in [4.69, 9.17) is 10.1 Å². The molecule has 5 heteroatoms. The number of anilines is 1. The maximum atomic E-state index is 12.6. The number of Topliss-reactive ketones (excluding diaryl/α,β-unsaturated/α-hetero) is 1. The minimum Gasteiger partial charge on any atom is -0.396 e. The van der Waals surface area contributed by atoms with Crippen molar-refractivity contribution in [3.63, 3.8) is 0 Å². The van der Waals surface area contributed by atoms with Crippen molar-refractivity contribution in [1.29, 1.82) is 0 Å². The van der Waals surface area contributed by atoms with E-state index in [2.05, 4.69) is 56.2 Å². The first-order valence-electron chi connectivity index (χ1n) is 12.2. The van der Waals surface area contributed by atoms with E-state index in [1.807, 2.05) is 0 Å². The normalized spacial score (nSPS) is 21.9. The van der Waals surface area contributed by atoms with E-state index < -0.39 is 0 Å². The number of aromatic nitrogens is 1. The predicted octanol–water partition coefficient (Wildman–Crippen LogP) is 6.11. The third-order valence-corrected chi connectivity index (χ3v) is 8.52. The highest BCUT2D eigenvalue weighted by atomic mass is 32.1. The molecule has 0 radical (unpaired) electrons. The van der Waals surface area contributed by atoms with Crippen LogP contribution in [0.25, 0.3) is 11.3 Å². The van der Waals surface area contributed by atoms with Gasteiger partial charge in [-0.15, -0.1) is 11.3 Å². The van der Waals surface area contributed by atoms with Gasteiger partial charge in [0.25, 0.3) is 0 Å². The van der Waals surface area contributed by atoms with Crippen LogP contribution in [0.2, 0.25) is 0 Å². The Balaban J connectivity index is 1.51. The van der Waals surface area contributed by atoms with Crippen molar-refractivity contribution in [2.45, 2.75) is 83.5 Å². The monoisotopic (exact) mass is 454 g/mol. The minimum atomic E-state index is 0.0987. The zero-order valence-electron chi connectivity index (χ0n) is 20.1. The van der Waals surface area contributed by atoms with Gasteiger partial charge in [0.1, 0.15) is 5.78 Å². The fraction of sp³-hybridized carbons (Fsp3) is 0.630. The second-order valence-corrected chi connectivity index (χ2v) is 11.8. The number of hydrogen-bond acceptors (Lipinski definition) is 5. The summed E-state index contributed by atoms with van der Waals surface area (Å²) in [4.78, 5) is 19.9. The number of aliphatic hydroxyl groups excluding tert-OH is 1. The molecule has 0 bridgehead atoms. The van der Waals surface area contributed by atoms with Gasteiger partial charge in [0.2, 0.25) is 0 Å². The Labute approximate surface area is 197 Å². The lowest BCUT2D eigenvalue weighted by atomic mass is 9.63. The van der Waals surface area contributed by atoms with Crippen LogP contribution in [0.3, 0.4) is 0 Å². The minimum absolute atomic E-state index is 0.0987. The van der Waals surface area contributed by atoms with E-state index in [0.29, 0.717) is 18.6 Å². The third kappa shape index (κ3) is 4.79. The first kappa shape index (κ1) is 23.4. The number of carbonyl (C=O) groups excluding carboxylic acids is 1. The molecule has 1 aliphatic carbocycles. The molecule has 1 N–H and O–H groups in total. The molecule has 1 fully saturated rings. The molecule has 32 heavy (non-hydrogen) atoms. The maximum absolute atomic E-state index is 12.6. The number of aliphatic hydroxyl groups is 1. The lowest BCUT2D eigenvalue weighted by Crippen LogP contribution is -2.38. The topological polar surface area (TPSA) is 53.4 Å². The summed E-state index contributed by atoms with van der Waals surface area (Å²) >= 11 is 1.69. The molecular formula is C27H38N2O2S. The van der Waals surface area contributed by atoms with Crippen molar-refractivity contribution in [3.8, 4) is 11.3 Å².